The van der Waals surface area contributed by atoms with Crippen LogP contribution >= 0.6 is 0 Å². The first-order chi connectivity index (χ1) is 13.7. The number of hydrogen-bond donors (Lipinski definition) is 1. The molecule has 0 bridgehead atoms. The second kappa shape index (κ2) is 6.76. The van der Waals surface area contributed by atoms with Gasteiger partial charge in [0.2, 0.25) is 5.78 Å². The summed E-state index contributed by atoms with van der Waals surface area (Å²) in [5.74, 6) is 0.569. The number of aromatic nitrogens is 3. The van der Waals surface area contributed by atoms with Crippen molar-refractivity contribution in [1.29, 1.82) is 0 Å². The van der Waals surface area contributed by atoms with Gasteiger partial charge in [-0.25, -0.2) is 14.8 Å². The summed E-state index contributed by atoms with van der Waals surface area (Å²) in [4.78, 5) is 23.9. The van der Waals surface area contributed by atoms with Crippen LogP contribution in [0.2, 0.25) is 0 Å². The van der Waals surface area contributed by atoms with Crippen molar-refractivity contribution < 1.29 is 4.42 Å². The Bertz CT molecular complexity index is 1220. The SMILES string of the molecule is Cc1ccn2cc(-c3cc4ccc(N5CCCNCC5)cc4oc3=O)nc2n1. The lowest BCUT2D eigenvalue weighted by atomic mass is 10.1. The normalized spacial score (nSPS) is 15.2. The molecule has 142 valence electrons. The highest BCUT2D eigenvalue weighted by Crippen LogP contribution is 2.25. The Balaban J connectivity index is 1.56. The Morgan fingerprint density at radius 3 is 2.96 bits per heavy atom. The molecule has 1 N–H and O–H groups in total. The maximum absolute atomic E-state index is 12.7. The number of nitrogens with one attached hydrogen (secondary N) is 1. The highest BCUT2D eigenvalue weighted by molar-refractivity contribution is 5.84. The molecular formula is C21H21N5O2. The van der Waals surface area contributed by atoms with Crippen LogP contribution in [0.25, 0.3) is 28.0 Å². The van der Waals surface area contributed by atoms with Crippen molar-refractivity contribution in [3.63, 3.8) is 0 Å². The van der Waals surface area contributed by atoms with Gasteiger partial charge in [0.1, 0.15) is 5.58 Å². The molecule has 0 aliphatic carbocycles. The molecule has 5 rings (SSSR count). The molecule has 1 aliphatic rings. The van der Waals surface area contributed by atoms with Crippen LogP contribution in [0.4, 0.5) is 5.69 Å². The van der Waals surface area contributed by atoms with Gasteiger partial charge >= 0.3 is 5.63 Å². The first-order valence-corrected chi connectivity index (χ1v) is 9.54. The van der Waals surface area contributed by atoms with Crippen LogP contribution in [-0.4, -0.2) is 40.5 Å². The predicted molar refractivity (Wildman–Crippen MR) is 109 cm³/mol. The molecule has 4 heterocycles. The molecular weight excluding hydrogens is 354 g/mol. The van der Waals surface area contributed by atoms with E-state index < -0.39 is 0 Å². The molecule has 1 aromatic carbocycles. The summed E-state index contributed by atoms with van der Waals surface area (Å²) in [5.41, 5.74) is 3.19. The van der Waals surface area contributed by atoms with Crippen LogP contribution in [0.15, 0.2) is 51.9 Å². The quantitative estimate of drug-likeness (QED) is 0.543. The Morgan fingerprint density at radius 2 is 2.04 bits per heavy atom. The van der Waals surface area contributed by atoms with E-state index in [1.807, 2.05) is 41.8 Å². The fraction of sp³-hybridized carbons (Fsp3) is 0.286. The Hall–Kier alpha value is -3.19. The molecule has 3 aromatic heterocycles. The van der Waals surface area contributed by atoms with E-state index in [-0.39, 0.29) is 5.63 Å². The average Bonchev–Trinajstić information content (AvgIpc) is 2.91. The van der Waals surface area contributed by atoms with Gasteiger partial charge in [-0.2, -0.15) is 0 Å². The minimum Gasteiger partial charge on any atom is -0.422 e. The Labute approximate surface area is 161 Å². The van der Waals surface area contributed by atoms with E-state index in [9.17, 15) is 4.79 Å². The monoisotopic (exact) mass is 375 g/mol. The summed E-state index contributed by atoms with van der Waals surface area (Å²) >= 11 is 0. The summed E-state index contributed by atoms with van der Waals surface area (Å²) in [7, 11) is 0. The fourth-order valence-electron chi connectivity index (χ4n) is 3.67. The van der Waals surface area contributed by atoms with Crippen molar-refractivity contribution in [2.24, 2.45) is 0 Å². The van der Waals surface area contributed by atoms with Crippen molar-refractivity contribution >= 4 is 22.4 Å². The molecule has 0 atom stereocenters. The molecule has 28 heavy (non-hydrogen) atoms. The first-order valence-electron chi connectivity index (χ1n) is 9.54. The van der Waals surface area contributed by atoms with Crippen molar-refractivity contribution in [3.8, 4) is 11.3 Å². The predicted octanol–water partition coefficient (Wildman–Crippen LogP) is 2.61. The van der Waals surface area contributed by atoms with E-state index in [1.165, 1.54) is 0 Å². The lowest BCUT2D eigenvalue weighted by Gasteiger charge is -2.22. The minimum atomic E-state index is -0.387. The highest BCUT2D eigenvalue weighted by atomic mass is 16.4. The van der Waals surface area contributed by atoms with Gasteiger partial charge in [-0.05, 0) is 44.2 Å². The molecule has 0 amide bonds. The maximum Gasteiger partial charge on any atom is 0.345 e. The standard InChI is InChI=1S/C21H21N5O2/c1-14-5-9-26-13-18(24-21(26)23-14)17-11-15-3-4-16(12-19(15)28-20(17)27)25-8-2-6-22-7-10-25/h3-5,9,11-13,22H,2,6-8,10H2,1H3. The third kappa shape index (κ3) is 3.03. The summed E-state index contributed by atoms with van der Waals surface area (Å²) < 4.78 is 7.47. The van der Waals surface area contributed by atoms with Gasteiger partial charge in [-0.1, -0.05) is 0 Å². The van der Waals surface area contributed by atoms with Gasteiger partial charge in [0.05, 0.1) is 11.3 Å². The average molecular weight is 375 g/mol. The van der Waals surface area contributed by atoms with Crippen LogP contribution in [-0.2, 0) is 0 Å². The second-order valence-electron chi connectivity index (χ2n) is 7.16. The van der Waals surface area contributed by atoms with Gasteiger partial charge in [0.25, 0.3) is 0 Å². The number of aryl methyl sites for hydroxylation is 1. The topological polar surface area (TPSA) is 75.7 Å². The van der Waals surface area contributed by atoms with Gasteiger partial charge in [-0.15, -0.1) is 0 Å². The number of hydrogen-bond acceptors (Lipinski definition) is 6. The number of imidazole rings is 1. The second-order valence-corrected chi connectivity index (χ2v) is 7.16. The van der Waals surface area contributed by atoms with E-state index in [1.54, 1.807) is 6.20 Å². The Morgan fingerprint density at radius 1 is 1.11 bits per heavy atom. The van der Waals surface area contributed by atoms with E-state index in [0.29, 0.717) is 22.6 Å². The van der Waals surface area contributed by atoms with E-state index >= 15 is 0 Å². The van der Waals surface area contributed by atoms with E-state index in [0.717, 1.165) is 49.4 Å². The molecule has 1 fully saturated rings. The molecule has 0 radical (unpaired) electrons. The number of anilines is 1. The zero-order chi connectivity index (χ0) is 19.1. The molecule has 0 spiro atoms. The van der Waals surface area contributed by atoms with Gasteiger partial charge < -0.3 is 14.6 Å². The minimum absolute atomic E-state index is 0.387. The van der Waals surface area contributed by atoms with Crippen LogP contribution in [0.1, 0.15) is 12.1 Å². The van der Waals surface area contributed by atoms with E-state index in [4.69, 9.17) is 4.42 Å². The van der Waals surface area contributed by atoms with Crippen molar-refractivity contribution in [2.45, 2.75) is 13.3 Å². The third-order valence-corrected chi connectivity index (χ3v) is 5.17. The maximum atomic E-state index is 12.7. The highest BCUT2D eigenvalue weighted by Gasteiger charge is 2.14. The summed E-state index contributed by atoms with van der Waals surface area (Å²) in [5, 5.41) is 4.29. The van der Waals surface area contributed by atoms with Gasteiger partial charge in [-0.3, -0.25) is 4.40 Å². The van der Waals surface area contributed by atoms with Crippen molar-refractivity contribution in [3.05, 3.63) is 58.8 Å². The molecule has 0 unspecified atom stereocenters. The number of benzene rings is 1. The molecule has 7 nitrogen and oxygen atoms in total. The molecule has 1 aliphatic heterocycles. The number of rotatable bonds is 2. The smallest absolute Gasteiger partial charge is 0.345 e. The van der Waals surface area contributed by atoms with E-state index in [2.05, 4.69) is 26.3 Å². The molecule has 0 saturated carbocycles. The lowest BCUT2D eigenvalue weighted by molar-refractivity contribution is 0.563. The Kier molecular flexibility index (Phi) is 4.09. The lowest BCUT2D eigenvalue weighted by Crippen LogP contribution is -2.27. The number of fused-ring (bicyclic) bond motifs is 2. The first kappa shape index (κ1) is 16.9. The number of nitrogens with zero attached hydrogens (tertiary/aromatic N) is 4. The zero-order valence-corrected chi connectivity index (χ0v) is 15.7. The summed E-state index contributed by atoms with van der Waals surface area (Å²) in [6.45, 7) is 5.85. The van der Waals surface area contributed by atoms with Crippen LogP contribution in [0.3, 0.4) is 0 Å². The van der Waals surface area contributed by atoms with Crippen LogP contribution in [0, 0.1) is 6.92 Å². The van der Waals surface area contributed by atoms with Crippen LogP contribution < -0.4 is 15.8 Å². The van der Waals surface area contributed by atoms with Crippen molar-refractivity contribution in [2.75, 3.05) is 31.1 Å². The molecule has 1 saturated heterocycles. The largest absolute Gasteiger partial charge is 0.422 e. The zero-order valence-electron chi connectivity index (χ0n) is 15.7. The van der Waals surface area contributed by atoms with Gasteiger partial charge in [0.15, 0.2) is 0 Å². The summed E-state index contributed by atoms with van der Waals surface area (Å²) in [6, 6.07) is 9.81. The van der Waals surface area contributed by atoms with Crippen molar-refractivity contribution in [1.82, 2.24) is 19.7 Å². The van der Waals surface area contributed by atoms with Crippen LogP contribution in [0.5, 0.6) is 0 Å². The van der Waals surface area contributed by atoms with Gasteiger partial charge in [0, 0.05) is 54.9 Å². The third-order valence-electron chi connectivity index (χ3n) is 5.17. The summed E-state index contributed by atoms with van der Waals surface area (Å²) in [6.07, 6.45) is 4.79. The molecule has 4 aromatic rings. The molecule has 7 heteroatoms. The fourth-order valence-corrected chi connectivity index (χ4v) is 3.67.